The molecule has 0 saturated carbocycles. The smallest absolute Gasteiger partial charge is 0.334 e. The maximum Gasteiger partial charge on any atom is 0.334 e. The number of ether oxygens (including phenoxy) is 1. The van der Waals surface area contributed by atoms with Crippen LogP contribution < -0.4 is 0 Å². The second-order valence-corrected chi connectivity index (χ2v) is 5.47. The first-order chi connectivity index (χ1) is 8.49. The molecule has 0 spiro atoms. The van der Waals surface area contributed by atoms with E-state index in [9.17, 15) is 9.59 Å². The predicted molar refractivity (Wildman–Crippen MR) is 68.9 cm³/mol. The maximum atomic E-state index is 11.9. The second-order valence-electron chi connectivity index (χ2n) is 5.47. The van der Waals surface area contributed by atoms with Gasteiger partial charge in [-0.1, -0.05) is 25.2 Å². The summed E-state index contributed by atoms with van der Waals surface area (Å²) in [7, 11) is 0. The number of fused-ring (bicyclic) bond motifs is 1. The number of rotatable bonds is 0. The average Bonchev–Trinajstić information content (AvgIpc) is 2.59. The van der Waals surface area contributed by atoms with Crippen LogP contribution in [0.1, 0.15) is 39.5 Å². The van der Waals surface area contributed by atoms with Crippen LogP contribution in [0.4, 0.5) is 0 Å². The van der Waals surface area contributed by atoms with Gasteiger partial charge in [-0.2, -0.15) is 0 Å². The van der Waals surface area contributed by atoms with E-state index in [0.717, 1.165) is 12.8 Å². The molecular weight excluding hydrogens is 228 g/mol. The molecule has 1 saturated heterocycles. The van der Waals surface area contributed by atoms with Gasteiger partial charge in [-0.3, -0.25) is 4.79 Å². The molecule has 18 heavy (non-hydrogen) atoms. The van der Waals surface area contributed by atoms with Crippen molar-refractivity contribution in [1.29, 1.82) is 0 Å². The van der Waals surface area contributed by atoms with Crippen molar-refractivity contribution in [2.24, 2.45) is 11.8 Å². The molecule has 0 aromatic carbocycles. The van der Waals surface area contributed by atoms with Crippen molar-refractivity contribution in [3.8, 4) is 0 Å². The highest BCUT2D eigenvalue weighted by Gasteiger charge is 2.39. The summed E-state index contributed by atoms with van der Waals surface area (Å²) >= 11 is 0. The Bertz CT molecular complexity index is 419. The Hall–Kier alpha value is -1.38. The van der Waals surface area contributed by atoms with E-state index in [1.807, 2.05) is 19.9 Å². The quantitative estimate of drug-likeness (QED) is 0.376. The molecule has 1 aliphatic carbocycles. The van der Waals surface area contributed by atoms with Gasteiger partial charge in [0.25, 0.3) is 0 Å². The van der Waals surface area contributed by atoms with E-state index in [2.05, 4.69) is 6.58 Å². The van der Waals surface area contributed by atoms with Gasteiger partial charge in [0.05, 0.1) is 0 Å². The molecule has 0 unspecified atom stereocenters. The van der Waals surface area contributed by atoms with Crippen LogP contribution in [0.25, 0.3) is 0 Å². The first kappa shape index (κ1) is 13.1. The molecule has 2 aliphatic rings. The molecule has 3 atom stereocenters. The third-order valence-electron chi connectivity index (χ3n) is 4.05. The zero-order valence-corrected chi connectivity index (χ0v) is 11.1. The van der Waals surface area contributed by atoms with Crippen molar-refractivity contribution in [2.75, 3.05) is 0 Å². The molecule has 1 aliphatic heterocycles. The van der Waals surface area contributed by atoms with E-state index in [1.165, 1.54) is 5.57 Å². The minimum Gasteiger partial charge on any atom is -0.458 e. The van der Waals surface area contributed by atoms with E-state index in [0.29, 0.717) is 18.4 Å². The zero-order valence-electron chi connectivity index (χ0n) is 11.1. The van der Waals surface area contributed by atoms with Gasteiger partial charge < -0.3 is 4.74 Å². The first-order valence-electron chi connectivity index (χ1n) is 6.57. The molecule has 0 aromatic rings. The number of hydrogen-bond donors (Lipinski definition) is 0. The normalized spacial score (nSPS) is 36.7. The molecule has 3 heteroatoms. The minimum atomic E-state index is -0.287. The summed E-state index contributed by atoms with van der Waals surface area (Å²) in [4.78, 5) is 23.5. The number of carbonyl (C=O) groups excluding carboxylic acids is 2. The van der Waals surface area contributed by atoms with Crippen LogP contribution in [-0.2, 0) is 14.3 Å². The Morgan fingerprint density at radius 2 is 2.11 bits per heavy atom. The lowest BCUT2D eigenvalue weighted by molar-refractivity contribution is -0.140. The number of Topliss-reactive ketones (excluding diaryl/α,β-unsaturated/α-hetero) is 1. The van der Waals surface area contributed by atoms with Crippen LogP contribution in [0.2, 0.25) is 0 Å². The van der Waals surface area contributed by atoms with Gasteiger partial charge in [-0.05, 0) is 26.2 Å². The number of carbonyl (C=O) groups is 2. The summed E-state index contributed by atoms with van der Waals surface area (Å²) in [6.45, 7) is 7.79. The summed E-state index contributed by atoms with van der Waals surface area (Å²) < 4.78 is 5.35. The first-order valence-corrected chi connectivity index (χ1v) is 6.57. The Balaban J connectivity index is 2.22. The number of esters is 1. The van der Waals surface area contributed by atoms with Crippen LogP contribution in [0.15, 0.2) is 23.8 Å². The van der Waals surface area contributed by atoms with Gasteiger partial charge in [-0.15, -0.1) is 0 Å². The van der Waals surface area contributed by atoms with Gasteiger partial charge in [0, 0.05) is 23.8 Å². The topological polar surface area (TPSA) is 43.4 Å². The van der Waals surface area contributed by atoms with Crippen molar-refractivity contribution in [2.45, 2.75) is 45.6 Å². The van der Waals surface area contributed by atoms with Crippen LogP contribution in [0.5, 0.6) is 0 Å². The van der Waals surface area contributed by atoms with Gasteiger partial charge in [0.1, 0.15) is 11.9 Å². The molecular formula is C15H20O3. The predicted octanol–water partition coefficient (Wildman–Crippen LogP) is 2.81. The fourth-order valence-corrected chi connectivity index (χ4v) is 2.68. The average molecular weight is 248 g/mol. The van der Waals surface area contributed by atoms with Crippen molar-refractivity contribution in [3.63, 3.8) is 0 Å². The third-order valence-corrected chi connectivity index (χ3v) is 4.05. The highest BCUT2D eigenvalue weighted by Crippen LogP contribution is 2.35. The Morgan fingerprint density at radius 1 is 1.39 bits per heavy atom. The van der Waals surface area contributed by atoms with Gasteiger partial charge >= 0.3 is 5.97 Å². The monoisotopic (exact) mass is 248 g/mol. The lowest BCUT2D eigenvalue weighted by Crippen LogP contribution is -2.24. The standard InChI is InChI=1S/C15H20O3/c1-9-4-6-12-11(3)15(17)18-14(12)8-10(2)13(16)7-5-9/h5,10,12,14H,3-4,6-8H2,1-2H3/b9-5+/t10-,12+,14-/m1/s1. The fourth-order valence-electron chi connectivity index (χ4n) is 2.68. The van der Waals surface area contributed by atoms with Gasteiger partial charge in [0.2, 0.25) is 0 Å². The molecule has 0 bridgehead atoms. The molecule has 0 N–H and O–H groups in total. The van der Waals surface area contributed by atoms with Crippen LogP contribution in [0.3, 0.4) is 0 Å². The zero-order chi connectivity index (χ0) is 13.3. The summed E-state index contributed by atoms with van der Waals surface area (Å²) in [6, 6.07) is 0. The maximum absolute atomic E-state index is 11.9. The molecule has 0 radical (unpaired) electrons. The van der Waals surface area contributed by atoms with Crippen molar-refractivity contribution in [3.05, 3.63) is 23.8 Å². The second kappa shape index (κ2) is 5.09. The fraction of sp³-hybridized carbons (Fsp3) is 0.600. The largest absolute Gasteiger partial charge is 0.458 e. The summed E-state index contributed by atoms with van der Waals surface area (Å²) in [5.74, 6) is -0.0401. The highest BCUT2D eigenvalue weighted by molar-refractivity contribution is 5.91. The molecule has 98 valence electrons. The van der Waals surface area contributed by atoms with E-state index < -0.39 is 0 Å². The SMILES string of the molecule is C=C1C(=O)O[C@@H]2C[C@@H](C)C(=O)C/C=C(\C)CC[C@@H]12. The number of allylic oxidation sites excluding steroid dienone is 2. The van der Waals surface area contributed by atoms with Crippen molar-refractivity contribution < 1.29 is 14.3 Å². The van der Waals surface area contributed by atoms with Crippen molar-refractivity contribution in [1.82, 2.24) is 0 Å². The molecule has 1 heterocycles. The Kier molecular flexibility index (Phi) is 3.69. The minimum absolute atomic E-state index is 0.0571. The number of ketones is 1. The van der Waals surface area contributed by atoms with Crippen molar-refractivity contribution >= 4 is 11.8 Å². The number of hydrogen-bond acceptors (Lipinski definition) is 3. The third kappa shape index (κ3) is 2.55. The van der Waals surface area contributed by atoms with E-state index in [4.69, 9.17) is 4.74 Å². The summed E-state index contributed by atoms with van der Waals surface area (Å²) in [5, 5.41) is 0. The molecule has 1 fully saturated rings. The van der Waals surface area contributed by atoms with E-state index in [1.54, 1.807) is 0 Å². The molecule has 0 amide bonds. The summed E-state index contributed by atoms with van der Waals surface area (Å²) in [6.07, 6.45) is 4.77. The highest BCUT2D eigenvalue weighted by atomic mass is 16.6. The Labute approximate surface area is 108 Å². The van der Waals surface area contributed by atoms with Gasteiger partial charge in [-0.25, -0.2) is 4.79 Å². The summed E-state index contributed by atoms with van der Waals surface area (Å²) in [5.41, 5.74) is 1.79. The molecule has 0 aromatic heterocycles. The molecule has 3 nitrogen and oxygen atoms in total. The van der Waals surface area contributed by atoms with Gasteiger partial charge in [0.15, 0.2) is 0 Å². The van der Waals surface area contributed by atoms with E-state index in [-0.39, 0.29) is 29.7 Å². The van der Waals surface area contributed by atoms with Crippen LogP contribution in [-0.4, -0.2) is 17.9 Å². The van der Waals surface area contributed by atoms with E-state index >= 15 is 0 Å². The van der Waals surface area contributed by atoms with Crippen LogP contribution >= 0.6 is 0 Å². The van der Waals surface area contributed by atoms with Crippen LogP contribution in [0, 0.1) is 11.8 Å². The lowest BCUT2D eigenvalue weighted by Gasteiger charge is -2.22. The lowest BCUT2D eigenvalue weighted by atomic mass is 9.83. The Morgan fingerprint density at radius 3 is 2.83 bits per heavy atom. The molecule has 2 rings (SSSR count).